The third-order valence-corrected chi connectivity index (χ3v) is 6.33. The number of para-hydroxylation sites is 1. The van der Waals surface area contributed by atoms with Crippen LogP contribution < -0.4 is 10.2 Å². The molecule has 0 spiro atoms. The number of benzene rings is 3. The fourth-order valence-electron chi connectivity index (χ4n) is 4.17. The Labute approximate surface area is 196 Å². The molecule has 0 saturated carbocycles. The molecule has 2 heterocycles. The molecule has 6 nitrogen and oxygen atoms in total. The van der Waals surface area contributed by atoms with Gasteiger partial charge in [0.2, 0.25) is 5.76 Å². The Morgan fingerprint density at radius 1 is 1.12 bits per heavy atom. The van der Waals surface area contributed by atoms with Crippen molar-refractivity contribution in [1.82, 2.24) is 4.90 Å². The minimum atomic E-state index is -0.802. The molecule has 0 radical (unpaired) electrons. The Bertz CT molecular complexity index is 1460. The molecule has 8 heteroatoms. The smallest absolute Gasteiger partial charge is 0.291 e. The van der Waals surface area contributed by atoms with Crippen molar-refractivity contribution in [3.63, 3.8) is 0 Å². The Kier molecular flexibility index (Phi) is 5.17. The van der Waals surface area contributed by atoms with Crippen LogP contribution in [0.3, 0.4) is 0 Å². The number of nitrogens with zero attached hydrogens (tertiary/aromatic N) is 1. The summed E-state index contributed by atoms with van der Waals surface area (Å²) in [7, 11) is 1.41. The van der Waals surface area contributed by atoms with Crippen molar-refractivity contribution < 1.29 is 23.4 Å². The van der Waals surface area contributed by atoms with Gasteiger partial charge in [-0.3, -0.25) is 9.59 Å². The minimum Gasteiger partial charge on any atom is -0.503 e. The van der Waals surface area contributed by atoms with Gasteiger partial charge in [-0.25, -0.2) is 4.39 Å². The molecule has 3 aromatic carbocycles. The molecule has 0 saturated heterocycles. The Balaban J connectivity index is 1.75. The molecular weight excluding hydrogens is 493 g/mol. The molecule has 33 heavy (non-hydrogen) atoms. The summed E-state index contributed by atoms with van der Waals surface area (Å²) < 4.78 is 25.0. The fraction of sp³-hybridized carbons (Fsp3) is 0.120. The van der Waals surface area contributed by atoms with E-state index in [2.05, 4.69) is 15.9 Å². The van der Waals surface area contributed by atoms with Crippen LogP contribution in [-0.2, 0) is 6.54 Å². The normalized spacial score (nSPS) is 15.2. The number of hydrogen-bond acceptors (Lipinski definition) is 5. The molecule has 1 atom stereocenters. The molecule has 0 bridgehead atoms. The predicted molar refractivity (Wildman–Crippen MR) is 123 cm³/mol. The highest BCUT2D eigenvalue weighted by atomic mass is 79.9. The lowest BCUT2D eigenvalue weighted by molar-refractivity contribution is 0.0714. The number of ether oxygens (including phenoxy) is 1. The van der Waals surface area contributed by atoms with Crippen molar-refractivity contribution in [2.24, 2.45) is 0 Å². The average molecular weight is 510 g/mol. The maximum absolute atomic E-state index is 13.5. The molecule has 1 aromatic heterocycles. The number of phenolic OH excluding ortho intramolecular Hbond substituents is 1. The van der Waals surface area contributed by atoms with Gasteiger partial charge in [0.25, 0.3) is 5.91 Å². The summed E-state index contributed by atoms with van der Waals surface area (Å²) in [4.78, 5) is 28.5. The van der Waals surface area contributed by atoms with Gasteiger partial charge in [-0.2, -0.15) is 0 Å². The van der Waals surface area contributed by atoms with Crippen molar-refractivity contribution >= 4 is 32.8 Å². The summed E-state index contributed by atoms with van der Waals surface area (Å²) in [5, 5.41) is 10.6. The van der Waals surface area contributed by atoms with Crippen molar-refractivity contribution in [3.8, 4) is 11.5 Å². The largest absolute Gasteiger partial charge is 0.503 e. The highest BCUT2D eigenvalue weighted by Crippen LogP contribution is 2.44. The molecule has 1 aliphatic rings. The van der Waals surface area contributed by atoms with E-state index in [0.717, 1.165) is 0 Å². The number of methoxy groups -OCH3 is 1. The topological polar surface area (TPSA) is 80.0 Å². The maximum atomic E-state index is 13.5. The molecule has 0 fully saturated rings. The van der Waals surface area contributed by atoms with Crippen molar-refractivity contribution in [3.05, 3.63) is 104 Å². The summed E-state index contributed by atoms with van der Waals surface area (Å²) in [6.45, 7) is 0.116. The lowest BCUT2D eigenvalue weighted by atomic mass is 9.97. The first-order chi connectivity index (χ1) is 15.9. The van der Waals surface area contributed by atoms with Gasteiger partial charge in [0.1, 0.15) is 11.4 Å². The SMILES string of the molecule is COc1cc(C2c3c(oc4ccccc4c3=O)C(=O)N2Cc2ccc(F)cc2)cc(Br)c1O. The van der Waals surface area contributed by atoms with Gasteiger partial charge < -0.3 is 19.2 Å². The molecule has 1 unspecified atom stereocenters. The second-order valence-corrected chi connectivity index (χ2v) is 8.54. The number of carbonyl (C=O) groups is 1. The standard InChI is InChI=1S/C25H17BrFNO5/c1-32-19-11-14(10-17(26)23(19)30)21-20-22(29)16-4-2-3-5-18(16)33-24(20)25(31)28(21)12-13-6-8-15(27)9-7-13/h2-11,21,30H,12H2,1H3. The van der Waals surface area contributed by atoms with E-state index in [0.29, 0.717) is 26.6 Å². The zero-order valence-corrected chi connectivity index (χ0v) is 18.9. The van der Waals surface area contributed by atoms with E-state index in [-0.39, 0.29) is 40.6 Å². The Morgan fingerprint density at radius 2 is 1.85 bits per heavy atom. The van der Waals surface area contributed by atoms with Crippen LogP contribution in [0.15, 0.2) is 74.3 Å². The number of rotatable bonds is 4. The number of halogens is 2. The highest BCUT2D eigenvalue weighted by molar-refractivity contribution is 9.10. The van der Waals surface area contributed by atoms with E-state index >= 15 is 0 Å². The van der Waals surface area contributed by atoms with Crippen LogP contribution >= 0.6 is 15.9 Å². The summed E-state index contributed by atoms with van der Waals surface area (Å²) in [5.74, 6) is -0.783. The molecule has 1 N–H and O–H groups in total. The molecule has 1 aliphatic heterocycles. The molecule has 166 valence electrons. The van der Waals surface area contributed by atoms with E-state index in [1.54, 1.807) is 48.5 Å². The van der Waals surface area contributed by atoms with Crippen molar-refractivity contribution in [1.29, 1.82) is 0 Å². The molecular formula is C25H17BrFNO5. The average Bonchev–Trinajstić information content (AvgIpc) is 3.09. The van der Waals surface area contributed by atoms with Crippen molar-refractivity contribution in [2.75, 3.05) is 7.11 Å². The number of fused-ring (bicyclic) bond motifs is 2. The summed E-state index contributed by atoms with van der Waals surface area (Å²) in [5.41, 5.74) is 1.45. The van der Waals surface area contributed by atoms with Gasteiger partial charge in [-0.05, 0) is 63.5 Å². The molecule has 5 rings (SSSR count). The minimum absolute atomic E-state index is 0.0334. The summed E-state index contributed by atoms with van der Waals surface area (Å²) >= 11 is 3.32. The fourth-order valence-corrected chi connectivity index (χ4v) is 4.63. The first-order valence-corrected chi connectivity index (χ1v) is 10.9. The molecule has 0 aliphatic carbocycles. The van der Waals surface area contributed by atoms with E-state index in [1.165, 1.54) is 24.1 Å². The van der Waals surface area contributed by atoms with E-state index in [9.17, 15) is 19.1 Å². The van der Waals surface area contributed by atoms with Crippen LogP contribution in [0, 0.1) is 5.82 Å². The number of carbonyl (C=O) groups excluding carboxylic acids is 1. The summed E-state index contributed by atoms with van der Waals surface area (Å²) in [6.07, 6.45) is 0. The van der Waals surface area contributed by atoms with Gasteiger partial charge in [-0.15, -0.1) is 0 Å². The first kappa shape index (κ1) is 21.2. The summed E-state index contributed by atoms with van der Waals surface area (Å²) in [6, 6.07) is 15.0. The second-order valence-electron chi connectivity index (χ2n) is 7.69. The highest BCUT2D eigenvalue weighted by Gasteiger charge is 2.43. The van der Waals surface area contributed by atoms with Crippen LogP contribution in [0.25, 0.3) is 11.0 Å². The lowest BCUT2D eigenvalue weighted by Gasteiger charge is -2.26. The van der Waals surface area contributed by atoms with Gasteiger partial charge >= 0.3 is 0 Å². The van der Waals surface area contributed by atoms with E-state index < -0.39 is 11.9 Å². The van der Waals surface area contributed by atoms with Gasteiger partial charge in [0, 0.05) is 6.54 Å². The van der Waals surface area contributed by atoms with Gasteiger partial charge in [0.05, 0.1) is 28.6 Å². The van der Waals surface area contributed by atoms with Gasteiger partial charge in [0.15, 0.2) is 16.9 Å². The maximum Gasteiger partial charge on any atom is 0.291 e. The van der Waals surface area contributed by atoms with E-state index in [1.807, 2.05) is 0 Å². The lowest BCUT2D eigenvalue weighted by Crippen LogP contribution is -2.29. The number of amides is 1. The molecule has 1 amide bonds. The van der Waals surface area contributed by atoms with Crippen LogP contribution in [0.1, 0.15) is 33.3 Å². The van der Waals surface area contributed by atoms with Crippen LogP contribution in [0.4, 0.5) is 4.39 Å². The monoisotopic (exact) mass is 509 g/mol. The van der Waals surface area contributed by atoms with Gasteiger partial charge in [-0.1, -0.05) is 24.3 Å². The quantitative estimate of drug-likeness (QED) is 0.411. The van der Waals surface area contributed by atoms with Crippen LogP contribution in [0.2, 0.25) is 0 Å². The third-order valence-electron chi connectivity index (χ3n) is 5.73. The Hall–Kier alpha value is -3.65. The Morgan fingerprint density at radius 3 is 2.58 bits per heavy atom. The van der Waals surface area contributed by atoms with Crippen molar-refractivity contribution in [2.45, 2.75) is 12.6 Å². The third kappa shape index (κ3) is 3.47. The second kappa shape index (κ2) is 8.04. The zero-order chi connectivity index (χ0) is 23.3. The number of phenols is 1. The van der Waals surface area contributed by atoms with Crippen LogP contribution in [-0.4, -0.2) is 23.0 Å². The predicted octanol–water partition coefficient (Wildman–Crippen LogP) is 5.15. The number of hydrogen-bond donors (Lipinski definition) is 1. The molecule has 4 aromatic rings. The van der Waals surface area contributed by atoms with E-state index in [4.69, 9.17) is 9.15 Å². The number of aromatic hydroxyl groups is 1. The zero-order valence-electron chi connectivity index (χ0n) is 17.3. The first-order valence-electron chi connectivity index (χ1n) is 10.1. The van der Waals surface area contributed by atoms with Crippen LogP contribution in [0.5, 0.6) is 11.5 Å².